The van der Waals surface area contributed by atoms with Crippen molar-refractivity contribution < 1.29 is 4.79 Å². The highest BCUT2D eigenvalue weighted by Gasteiger charge is 2.22. The van der Waals surface area contributed by atoms with Crippen LogP contribution in [0.4, 0.5) is 5.82 Å². The second-order valence-corrected chi connectivity index (χ2v) is 7.80. The molecule has 0 atom stereocenters. The van der Waals surface area contributed by atoms with Crippen molar-refractivity contribution in [2.24, 2.45) is 0 Å². The summed E-state index contributed by atoms with van der Waals surface area (Å²) in [6.07, 6.45) is 2.28. The van der Waals surface area contributed by atoms with Crippen molar-refractivity contribution in [1.82, 2.24) is 19.9 Å². The Kier molecular flexibility index (Phi) is 4.83. The zero-order valence-electron chi connectivity index (χ0n) is 17.1. The number of aryl methyl sites for hydroxylation is 1. The number of amides is 1. The van der Waals surface area contributed by atoms with Gasteiger partial charge >= 0.3 is 0 Å². The highest BCUT2D eigenvalue weighted by atomic mass is 16.1. The monoisotopic (exact) mass is 399 g/mol. The Morgan fingerprint density at radius 1 is 1.00 bits per heavy atom. The maximum Gasteiger partial charge on any atom is 0.255 e. The van der Waals surface area contributed by atoms with Crippen molar-refractivity contribution >= 4 is 33.7 Å². The van der Waals surface area contributed by atoms with Crippen LogP contribution < -0.4 is 10.2 Å². The van der Waals surface area contributed by atoms with E-state index >= 15 is 0 Å². The van der Waals surface area contributed by atoms with Crippen LogP contribution in [0.2, 0.25) is 0 Å². The smallest absolute Gasteiger partial charge is 0.255 e. The molecule has 1 fully saturated rings. The van der Waals surface area contributed by atoms with Crippen molar-refractivity contribution in [2.75, 3.05) is 24.5 Å². The van der Waals surface area contributed by atoms with Crippen LogP contribution in [0.1, 0.15) is 29.0 Å². The molecule has 5 rings (SSSR count). The Hall–Kier alpha value is -3.41. The number of anilines is 1. The summed E-state index contributed by atoms with van der Waals surface area (Å²) in [6, 6.07) is 18.0. The topological polar surface area (TPSA) is 63.1 Å². The van der Waals surface area contributed by atoms with Crippen LogP contribution in [0.3, 0.4) is 0 Å². The molecule has 1 aliphatic rings. The summed E-state index contributed by atoms with van der Waals surface area (Å²) in [7, 11) is 0. The summed E-state index contributed by atoms with van der Waals surface area (Å²) in [5, 5.41) is 4.09. The van der Waals surface area contributed by atoms with Crippen molar-refractivity contribution in [3.05, 3.63) is 66.0 Å². The molecule has 3 heterocycles. The Labute approximate surface area is 175 Å². The van der Waals surface area contributed by atoms with E-state index in [4.69, 9.17) is 4.98 Å². The average molecular weight is 399 g/mol. The minimum atomic E-state index is -0.0720. The van der Waals surface area contributed by atoms with Gasteiger partial charge in [0.15, 0.2) is 0 Å². The maximum absolute atomic E-state index is 13.1. The van der Waals surface area contributed by atoms with Gasteiger partial charge in [0.25, 0.3) is 5.91 Å². The third kappa shape index (κ3) is 3.38. The van der Waals surface area contributed by atoms with E-state index in [0.717, 1.165) is 59.5 Å². The van der Waals surface area contributed by atoms with Crippen LogP contribution in [-0.2, 0) is 6.54 Å². The van der Waals surface area contributed by atoms with Gasteiger partial charge in [-0.2, -0.15) is 0 Å². The number of imidazole rings is 1. The quantitative estimate of drug-likeness (QED) is 0.552. The number of rotatable bonds is 5. The van der Waals surface area contributed by atoms with E-state index in [2.05, 4.69) is 25.8 Å². The number of para-hydroxylation sites is 3. The number of carbonyl (C=O) groups is 1. The number of hydrogen-bond donors (Lipinski definition) is 1. The molecule has 0 unspecified atom stereocenters. The molecule has 1 aliphatic heterocycles. The fourth-order valence-corrected chi connectivity index (χ4v) is 4.30. The first-order chi connectivity index (χ1) is 14.7. The van der Waals surface area contributed by atoms with Gasteiger partial charge in [-0.15, -0.1) is 0 Å². The number of benzene rings is 2. The second kappa shape index (κ2) is 7.78. The highest BCUT2D eigenvalue weighted by molar-refractivity contribution is 6.02. The van der Waals surface area contributed by atoms with Gasteiger partial charge < -0.3 is 14.8 Å². The fourth-order valence-electron chi connectivity index (χ4n) is 4.30. The first kappa shape index (κ1) is 18.6. The number of nitrogens with one attached hydrogen (secondary N) is 1. The summed E-state index contributed by atoms with van der Waals surface area (Å²) in [5.74, 6) is 1.68. The van der Waals surface area contributed by atoms with Gasteiger partial charge in [-0.3, -0.25) is 4.79 Å². The van der Waals surface area contributed by atoms with Gasteiger partial charge in [-0.25, -0.2) is 9.97 Å². The van der Waals surface area contributed by atoms with E-state index in [0.29, 0.717) is 18.7 Å². The van der Waals surface area contributed by atoms with Gasteiger partial charge in [0.1, 0.15) is 11.6 Å². The van der Waals surface area contributed by atoms with E-state index < -0.39 is 0 Å². The molecule has 30 heavy (non-hydrogen) atoms. The van der Waals surface area contributed by atoms with Gasteiger partial charge in [-0.1, -0.05) is 30.3 Å². The Balaban J connectivity index is 1.39. The zero-order valence-corrected chi connectivity index (χ0v) is 17.1. The summed E-state index contributed by atoms with van der Waals surface area (Å²) in [5.41, 5.74) is 3.66. The molecule has 152 valence electrons. The molecule has 6 heteroatoms. The van der Waals surface area contributed by atoms with Crippen LogP contribution in [-0.4, -0.2) is 40.1 Å². The third-order valence-electron chi connectivity index (χ3n) is 5.82. The molecule has 0 spiro atoms. The Bertz CT molecular complexity index is 1220. The van der Waals surface area contributed by atoms with Crippen molar-refractivity contribution in [2.45, 2.75) is 26.3 Å². The molecule has 2 aromatic carbocycles. The Morgan fingerprint density at radius 2 is 1.73 bits per heavy atom. The lowest BCUT2D eigenvalue weighted by Gasteiger charge is -2.20. The van der Waals surface area contributed by atoms with E-state index in [1.807, 2.05) is 55.5 Å². The van der Waals surface area contributed by atoms with Crippen LogP contribution in [0, 0.1) is 6.92 Å². The first-order valence-corrected chi connectivity index (χ1v) is 10.6. The molecule has 4 aromatic rings. The van der Waals surface area contributed by atoms with Crippen molar-refractivity contribution in [3.8, 4) is 0 Å². The van der Waals surface area contributed by atoms with Crippen LogP contribution >= 0.6 is 0 Å². The van der Waals surface area contributed by atoms with E-state index in [1.165, 1.54) is 0 Å². The number of fused-ring (bicyclic) bond motifs is 2. The standard InChI is InChI=1S/C24H25N5O/c1-17-26-21-10-4-5-11-22(21)29(17)15-12-25-24(30)19-16-18-8-2-3-9-20(18)27-23(19)28-13-6-7-14-28/h2-5,8-11,16H,6-7,12-15H2,1H3,(H,25,30). The minimum Gasteiger partial charge on any atom is -0.356 e. The molecule has 0 aliphatic carbocycles. The molecule has 1 amide bonds. The average Bonchev–Trinajstić information content (AvgIpc) is 3.41. The fraction of sp³-hybridized carbons (Fsp3) is 0.292. The molecule has 1 saturated heterocycles. The number of pyridine rings is 1. The van der Waals surface area contributed by atoms with E-state index in [1.54, 1.807) is 0 Å². The number of hydrogen-bond acceptors (Lipinski definition) is 4. The lowest BCUT2D eigenvalue weighted by atomic mass is 10.1. The zero-order chi connectivity index (χ0) is 20.5. The molecule has 1 N–H and O–H groups in total. The lowest BCUT2D eigenvalue weighted by molar-refractivity contribution is 0.0952. The molecular formula is C24H25N5O. The minimum absolute atomic E-state index is 0.0720. The number of carbonyl (C=O) groups excluding carboxylic acids is 1. The van der Waals surface area contributed by atoms with Gasteiger partial charge in [0.05, 0.1) is 22.1 Å². The van der Waals surface area contributed by atoms with Crippen LogP contribution in [0.5, 0.6) is 0 Å². The lowest BCUT2D eigenvalue weighted by Crippen LogP contribution is -2.30. The largest absolute Gasteiger partial charge is 0.356 e. The molecule has 6 nitrogen and oxygen atoms in total. The number of aromatic nitrogens is 3. The normalized spacial score (nSPS) is 14.0. The second-order valence-electron chi connectivity index (χ2n) is 7.80. The summed E-state index contributed by atoms with van der Waals surface area (Å²) >= 11 is 0. The molecule has 0 bridgehead atoms. The SMILES string of the molecule is Cc1nc2ccccc2n1CCNC(=O)c1cc2ccccc2nc1N1CCCC1. The predicted octanol–water partition coefficient (Wildman–Crippen LogP) is 3.92. The number of nitrogens with zero attached hydrogens (tertiary/aromatic N) is 4. The van der Waals surface area contributed by atoms with Gasteiger partial charge in [0, 0.05) is 31.6 Å². The highest BCUT2D eigenvalue weighted by Crippen LogP contribution is 2.26. The molecular weight excluding hydrogens is 374 g/mol. The summed E-state index contributed by atoms with van der Waals surface area (Å²) in [4.78, 5) is 24.8. The molecule has 2 aromatic heterocycles. The van der Waals surface area contributed by atoms with Crippen molar-refractivity contribution in [3.63, 3.8) is 0 Å². The Morgan fingerprint density at radius 3 is 2.57 bits per heavy atom. The summed E-state index contributed by atoms with van der Waals surface area (Å²) < 4.78 is 2.15. The van der Waals surface area contributed by atoms with E-state index in [-0.39, 0.29) is 5.91 Å². The first-order valence-electron chi connectivity index (χ1n) is 10.6. The summed E-state index contributed by atoms with van der Waals surface area (Å²) in [6.45, 7) is 5.11. The predicted molar refractivity (Wildman–Crippen MR) is 120 cm³/mol. The van der Waals surface area contributed by atoms with Crippen LogP contribution in [0.15, 0.2) is 54.6 Å². The third-order valence-corrected chi connectivity index (χ3v) is 5.82. The molecule has 0 radical (unpaired) electrons. The van der Waals surface area contributed by atoms with Gasteiger partial charge in [0.2, 0.25) is 0 Å². The molecule has 0 saturated carbocycles. The van der Waals surface area contributed by atoms with Gasteiger partial charge in [-0.05, 0) is 44.0 Å². The van der Waals surface area contributed by atoms with Crippen molar-refractivity contribution in [1.29, 1.82) is 0 Å². The maximum atomic E-state index is 13.1. The van der Waals surface area contributed by atoms with Crippen LogP contribution in [0.25, 0.3) is 21.9 Å². The van der Waals surface area contributed by atoms with E-state index in [9.17, 15) is 4.79 Å².